The third-order valence-corrected chi connectivity index (χ3v) is 8.38. The maximum atomic E-state index is 12.7. The van der Waals surface area contributed by atoms with Gasteiger partial charge in [0.05, 0.1) is 5.00 Å². The van der Waals surface area contributed by atoms with Gasteiger partial charge in [0.15, 0.2) is 0 Å². The Hall–Kier alpha value is -2.10. The van der Waals surface area contributed by atoms with E-state index in [1.165, 1.54) is 29.7 Å². The van der Waals surface area contributed by atoms with Crippen LogP contribution < -0.4 is 9.62 Å². The maximum absolute atomic E-state index is 12.7. The molecule has 4 rings (SSSR count). The topological polar surface area (TPSA) is 107 Å². The van der Waals surface area contributed by atoms with Crippen molar-refractivity contribution >= 4 is 32.5 Å². The third-order valence-electron chi connectivity index (χ3n) is 5.25. The SMILES string of the molecule is CC1CCN(c2ccc(S(=O)(=O)N[C@H]3C[C@@H]3c3ccccc3)s2)CC1.O=C(O)O. The van der Waals surface area contributed by atoms with Crippen LogP contribution in [0.25, 0.3) is 0 Å². The molecule has 9 heteroatoms. The standard InChI is InChI=1S/C19H24N2O2S2.CH2O3/c1-14-9-11-21(12-10-14)18-7-8-19(24-18)25(22,23)20-17-13-16(17)15-5-3-2-4-6-15;2-1(3)4/h2-8,14,16-17,20H,9-13H2,1H3;(H2,2,3,4)/t16-,17+;/m1./s1. The Bertz CT molecular complexity index is 917. The molecule has 2 aromatic rings. The van der Waals surface area contributed by atoms with Crippen LogP contribution in [0.4, 0.5) is 9.80 Å². The molecule has 2 heterocycles. The van der Waals surface area contributed by atoms with E-state index in [9.17, 15) is 8.42 Å². The van der Waals surface area contributed by atoms with E-state index in [1.807, 2.05) is 24.3 Å². The van der Waals surface area contributed by atoms with Gasteiger partial charge >= 0.3 is 6.16 Å². The van der Waals surface area contributed by atoms with Crippen molar-refractivity contribution < 1.29 is 23.4 Å². The van der Waals surface area contributed by atoms with Gasteiger partial charge in [-0.05, 0) is 42.9 Å². The van der Waals surface area contributed by atoms with Crippen molar-refractivity contribution in [3.05, 3.63) is 48.0 Å². The lowest BCUT2D eigenvalue weighted by Crippen LogP contribution is -2.32. The van der Waals surface area contributed by atoms with E-state index in [-0.39, 0.29) is 6.04 Å². The number of sulfonamides is 1. The lowest BCUT2D eigenvalue weighted by molar-refractivity contribution is 0.137. The van der Waals surface area contributed by atoms with Gasteiger partial charge in [0.2, 0.25) is 10.0 Å². The summed E-state index contributed by atoms with van der Waals surface area (Å²) in [6, 6.07) is 13.9. The molecular formula is C20H26N2O5S2. The predicted octanol–water partition coefficient (Wildman–Crippen LogP) is 4.04. The normalized spacial score (nSPS) is 21.9. The van der Waals surface area contributed by atoms with Crippen LogP contribution in [0.5, 0.6) is 0 Å². The third kappa shape index (κ3) is 5.94. The highest BCUT2D eigenvalue weighted by molar-refractivity contribution is 7.91. The van der Waals surface area contributed by atoms with E-state index in [0.717, 1.165) is 30.4 Å². The van der Waals surface area contributed by atoms with Crippen LogP contribution in [0.3, 0.4) is 0 Å². The van der Waals surface area contributed by atoms with Crippen LogP contribution >= 0.6 is 11.3 Å². The minimum Gasteiger partial charge on any atom is -0.450 e. The fraction of sp³-hybridized carbons (Fsp3) is 0.450. The van der Waals surface area contributed by atoms with Crippen molar-refractivity contribution in [1.82, 2.24) is 4.72 Å². The van der Waals surface area contributed by atoms with Crippen LogP contribution in [-0.4, -0.2) is 43.9 Å². The summed E-state index contributed by atoms with van der Waals surface area (Å²) in [5.74, 6) is 1.07. The zero-order valence-electron chi connectivity index (χ0n) is 16.2. The van der Waals surface area contributed by atoms with Gasteiger partial charge in [0.25, 0.3) is 0 Å². The number of carbonyl (C=O) groups is 1. The molecule has 0 spiro atoms. The van der Waals surface area contributed by atoms with E-state index in [1.54, 1.807) is 6.07 Å². The van der Waals surface area contributed by atoms with E-state index >= 15 is 0 Å². The number of carboxylic acid groups (broad SMARTS) is 2. The molecule has 0 unspecified atom stereocenters. The molecule has 0 amide bonds. The number of hydrogen-bond acceptors (Lipinski definition) is 5. The summed E-state index contributed by atoms with van der Waals surface area (Å²) >= 11 is 1.39. The fourth-order valence-electron chi connectivity index (χ4n) is 3.51. The first-order valence-corrected chi connectivity index (χ1v) is 11.9. The van der Waals surface area contributed by atoms with Gasteiger partial charge in [-0.1, -0.05) is 37.3 Å². The van der Waals surface area contributed by atoms with E-state index in [2.05, 4.69) is 28.7 Å². The summed E-state index contributed by atoms with van der Waals surface area (Å²) < 4.78 is 28.7. The first kappa shape index (κ1) is 21.6. The van der Waals surface area contributed by atoms with Gasteiger partial charge in [0, 0.05) is 25.0 Å². The fourth-order valence-corrected chi connectivity index (χ4v) is 6.16. The van der Waals surface area contributed by atoms with Gasteiger partial charge in [0.1, 0.15) is 4.21 Å². The lowest BCUT2D eigenvalue weighted by Gasteiger charge is -2.30. The Morgan fingerprint density at radius 1 is 1.10 bits per heavy atom. The molecule has 2 fully saturated rings. The molecule has 1 saturated carbocycles. The highest BCUT2D eigenvalue weighted by Crippen LogP contribution is 2.42. The molecule has 1 aromatic carbocycles. The molecular weight excluding hydrogens is 412 g/mol. The molecule has 158 valence electrons. The molecule has 0 radical (unpaired) electrons. The molecule has 1 aliphatic carbocycles. The second-order valence-electron chi connectivity index (χ2n) is 7.53. The largest absolute Gasteiger partial charge is 0.503 e. The second-order valence-corrected chi connectivity index (χ2v) is 10.5. The number of piperidine rings is 1. The number of anilines is 1. The van der Waals surface area contributed by atoms with E-state index in [0.29, 0.717) is 10.1 Å². The molecule has 0 bridgehead atoms. The first-order chi connectivity index (χ1) is 13.8. The van der Waals surface area contributed by atoms with Gasteiger partial charge in [-0.15, -0.1) is 11.3 Å². The quantitative estimate of drug-likeness (QED) is 0.650. The molecule has 2 aliphatic rings. The summed E-state index contributed by atoms with van der Waals surface area (Å²) in [4.78, 5) is 10.9. The number of rotatable bonds is 5. The molecule has 1 saturated heterocycles. The van der Waals surface area contributed by atoms with Crippen molar-refractivity contribution in [3.63, 3.8) is 0 Å². The smallest absolute Gasteiger partial charge is 0.450 e. The Balaban J connectivity index is 0.000000552. The molecule has 2 atom stereocenters. The number of nitrogens with one attached hydrogen (secondary N) is 1. The average molecular weight is 439 g/mol. The van der Waals surface area contributed by atoms with Crippen LogP contribution in [0.2, 0.25) is 0 Å². The zero-order valence-corrected chi connectivity index (χ0v) is 17.8. The van der Waals surface area contributed by atoms with Gasteiger partial charge in [-0.2, -0.15) is 0 Å². The van der Waals surface area contributed by atoms with Crippen molar-refractivity contribution in [2.24, 2.45) is 5.92 Å². The minimum atomic E-state index is -3.42. The molecule has 29 heavy (non-hydrogen) atoms. The number of hydrogen-bond donors (Lipinski definition) is 3. The van der Waals surface area contributed by atoms with Gasteiger partial charge in [-0.3, -0.25) is 0 Å². The first-order valence-electron chi connectivity index (χ1n) is 9.60. The highest BCUT2D eigenvalue weighted by atomic mass is 32.2. The Morgan fingerprint density at radius 2 is 1.72 bits per heavy atom. The van der Waals surface area contributed by atoms with Gasteiger partial charge < -0.3 is 15.1 Å². The Morgan fingerprint density at radius 3 is 2.34 bits per heavy atom. The van der Waals surface area contributed by atoms with E-state index in [4.69, 9.17) is 15.0 Å². The Labute approximate surface area is 175 Å². The molecule has 1 aliphatic heterocycles. The molecule has 3 N–H and O–H groups in total. The summed E-state index contributed by atoms with van der Waals surface area (Å²) in [6.45, 7) is 4.32. The highest BCUT2D eigenvalue weighted by Gasteiger charge is 2.41. The van der Waals surface area contributed by atoms with Crippen molar-refractivity contribution in [2.75, 3.05) is 18.0 Å². The van der Waals surface area contributed by atoms with Crippen LogP contribution in [0, 0.1) is 5.92 Å². The predicted molar refractivity (Wildman–Crippen MR) is 113 cm³/mol. The summed E-state index contributed by atoms with van der Waals surface area (Å²) in [5.41, 5.74) is 1.21. The second kappa shape index (κ2) is 9.15. The van der Waals surface area contributed by atoms with Crippen LogP contribution in [0.15, 0.2) is 46.7 Å². The molecule has 7 nitrogen and oxygen atoms in total. The van der Waals surface area contributed by atoms with Crippen LogP contribution in [0.1, 0.15) is 37.7 Å². The number of thiophene rings is 1. The summed E-state index contributed by atoms with van der Waals surface area (Å²) in [7, 11) is -3.42. The van der Waals surface area contributed by atoms with Crippen molar-refractivity contribution in [2.45, 2.75) is 42.4 Å². The monoisotopic (exact) mass is 438 g/mol. The Kier molecular flexibility index (Phi) is 6.81. The van der Waals surface area contributed by atoms with Crippen molar-refractivity contribution in [3.8, 4) is 0 Å². The summed E-state index contributed by atoms with van der Waals surface area (Å²) in [5, 5.41) is 15.0. The average Bonchev–Trinajstić information content (AvgIpc) is 3.23. The maximum Gasteiger partial charge on any atom is 0.503 e. The number of nitrogens with zero attached hydrogens (tertiary/aromatic N) is 1. The van der Waals surface area contributed by atoms with Gasteiger partial charge in [-0.25, -0.2) is 17.9 Å². The van der Waals surface area contributed by atoms with Crippen LogP contribution in [-0.2, 0) is 10.0 Å². The molecule has 1 aromatic heterocycles. The minimum absolute atomic E-state index is 0.0220. The lowest BCUT2D eigenvalue weighted by atomic mass is 10.00. The number of benzene rings is 1. The summed E-state index contributed by atoms with van der Waals surface area (Å²) in [6.07, 6.45) is 1.41. The zero-order chi connectivity index (χ0) is 21.0. The van der Waals surface area contributed by atoms with Crippen molar-refractivity contribution in [1.29, 1.82) is 0 Å². The van der Waals surface area contributed by atoms with E-state index < -0.39 is 16.2 Å².